The van der Waals surface area contributed by atoms with Gasteiger partial charge in [0, 0.05) is 6.07 Å². The molecule has 0 fully saturated rings. The predicted molar refractivity (Wildman–Crippen MR) is 75.6 cm³/mol. The number of nitro benzene ring substituents is 1. The maximum absolute atomic E-state index is 10.9. The average Bonchev–Trinajstić information content (AvgIpc) is 2.42. The Morgan fingerprint density at radius 2 is 2.05 bits per heavy atom. The summed E-state index contributed by atoms with van der Waals surface area (Å²) < 4.78 is 5.41. The van der Waals surface area contributed by atoms with Gasteiger partial charge in [-0.15, -0.1) is 0 Å². The van der Waals surface area contributed by atoms with Crippen LogP contribution in [0.5, 0.6) is 5.75 Å². The lowest BCUT2D eigenvalue weighted by molar-refractivity contribution is -0.385. The van der Waals surface area contributed by atoms with Crippen molar-refractivity contribution in [3.63, 3.8) is 0 Å². The minimum absolute atomic E-state index is 0.158. The minimum atomic E-state index is -0.531. The number of nitro groups is 1. The first kappa shape index (κ1) is 15.3. The predicted octanol–water partition coefficient (Wildman–Crippen LogP) is 3.34. The average molecular weight is 280 g/mol. The van der Waals surface area contributed by atoms with Crippen LogP contribution in [0.2, 0.25) is 0 Å². The molecule has 0 aliphatic rings. The highest BCUT2D eigenvalue weighted by atomic mass is 32.1. The van der Waals surface area contributed by atoms with Gasteiger partial charge in [0.15, 0.2) is 5.75 Å². The van der Waals surface area contributed by atoms with Crippen LogP contribution in [0.15, 0.2) is 18.2 Å². The number of ether oxygens (including phenoxy) is 1. The molecule has 0 aliphatic carbocycles. The van der Waals surface area contributed by atoms with Gasteiger partial charge in [-0.05, 0) is 30.7 Å². The Labute approximate surface area is 117 Å². The Morgan fingerprint density at radius 1 is 1.32 bits per heavy atom. The lowest BCUT2D eigenvalue weighted by atomic mass is 10.2. The Balaban J connectivity index is 2.53. The first-order valence-corrected chi connectivity index (χ1v) is 6.74. The van der Waals surface area contributed by atoms with E-state index >= 15 is 0 Å². The van der Waals surface area contributed by atoms with Gasteiger partial charge < -0.3 is 4.74 Å². The fraction of sp³-hybridized carbons (Fsp3) is 0.462. The molecular formula is C13H16N2O3S. The van der Waals surface area contributed by atoms with E-state index in [1.54, 1.807) is 0 Å². The molecule has 1 aromatic carbocycles. The van der Waals surface area contributed by atoms with Crippen LogP contribution in [0.25, 0.3) is 0 Å². The zero-order valence-electron chi connectivity index (χ0n) is 10.5. The van der Waals surface area contributed by atoms with Gasteiger partial charge in [0.25, 0.3) is 0 Å². The van der Waals surface area contributed by atoms with Crippen molar-refractivity contribution in [2.24, 2.45) is 0 Å². The Bertz CT molecular complexity index is 471. The molecule has 5 nitrogen and oxygen atoms in total. The first-order chi connectivity index (χ1) is 9.19. The topological polar surface area (TPSA) is 76.2 Å². The summed E-state index contributed by atoms with van der Waals surface area (Å²) in [4.78, 5) is 10.3. The van der Waals surface area contributed by atoms with E-state index in [9.17, 15) is 10.1 Å². The zero-order valence-corrected chi connectivity index (χ0v) is 11.4. The van der Waals surface area contributed by atoms with Crippen molar-refractivity contribution in [3.05, 3.63) is 33.9 Å². The monoisotopic (exact) mass is 280 g/mol. The second kappa shape index (κ2) is 8.38. The third-order valence-electron chi connectivity index (χ3n) is 2.59. The highest BCUT2D eigenvalue weighted by molar-refractivity contribution is 7.80. The lowest BCUT2D eigenvalue weighted by Gasteiger charge is -2.06. The van der Waals surface area contributed by atoms with Crippen molar-refractivity contribution < 1.29 is 9.66 Å². The summed E-state index contributed by atoms with van der Waals surface area (Å²) in [6.45, 7) is 0.444. The molecule has 102 valence electrons. The molecule has 0 heterocycles. The van der Waals surface area contributed by atoms with Crippen LogP contribution < -0.4 is 4.74 Å². The van der Waals surface area contributed by atoms with E-state index in [1.165, 1.54) is 18.2 Å². The fourth-order valence-corrected chi connectivity index (χ4v) is 1.82. The summed E-state index contributed by atoms with van der Waals surface area (Å²) >= 11 is 4.13. The summed E-state index contributed by atoms with van der Waals surface area (Å²) in [6, 6.07) is 6.10. The number of rotatable bonds is 8. The van der Waals surface area contributed by atoms with Gasteiger partial charge in [-0.2, -0.15) is 17.9 Å². The van der Waals surface area contributed by atoms with Crippen molar-refractivity contribution in [1.29, 1.82) is 5.26 Å². The number of nitriles is 1. The number of thiol groups is 1. The third-order valence-corrected chi connectivity index (χ3v) is 2.91. The van der Waals surface area contributed by atoms with Crippen molar-refractivity contribution in [3.8, 4) is 11.8 Å². The van der Waals surface area contributed by atoms with E-state index < -0.39 is 4.92 Å². The molecule has 6 heteroatoms. The maximum atomic E-state index is 10.9. The van der Waals surface area contributed by atoms with Gasteiger partial charge in [0.05, 0.1) is 23.2 Å². The second-order valence-electron chi connectivity index (χ2n) is 4.04. The summed E-state index contributed by atoms with van der Waals surface area (Å²) in [5.41, 5.74) is 0.0993. The fourth-order valence-electron chi connectivity index (χ4n) is 1.60. The maximum Gasteiger partial charge on any atom is 0.312 e. The Kier molecular flexibility index (Phi) is 6.75. The third kappa shape index (κ3) is 5.18. The van der Waals surface area contributed by atoms with E-state index in [4.69, 9.17) is 10.00 Å². The first-order valence-electron chi connectivity index (χ1n) is 6.11. The standard InChI is InChI=1S/C13H16N2O3S/c14-10-11-5-6-13(12(9-11)15(16)17)18-7-3-1-2-4-8-19/h5-6,9,19H,1-4,7-8H2. The van der Waals surface area contributed by atoms with Gasteiger partial charge in [-0.1, -0.05) is 12.8 Å². The highest BCUT2D eigenvalue weighted by Crippen LogP contribution is 2.27. The van der Waals surface area contributed by atoms with Crippen molar-refractivity contribution in [2.75, 3.05) is 12.4 Å². The van der Waals surface area contributed by atoms with Crippen molar-refractivity contribution in [1.82, 2.24) is 0 Å². The minimum Gasteiger partial charge on any atom is -0.487 e. The van der Waals surface area contributed by atoms with E-state index in [2.05, 4.69) is 12.6 Å². The lowest BCUT2D eigenvalue weighted by Crippen LogP contribution is -2.01. The van der Waals surface area contributed by atoms with Gasteiger partial charge in [-0.3, -0.25) is 10.1 Å². The molecule has 0 saturated heterocycles. The van der Waals surface area contributed by atoms with Crippen LogP contribution >= 0.6 is 12.6 Å². The number of benzene rings is 1. The number of unbranched alkanes of at least 4 members (excludes halogenated alkanes) is 3. The summed E-state index contributed by atoms with van der Waals surface area (Å²) in [6.07, 6.45) is 4.03. The normalized spacial score (nSPS) is 9.89. The zero-order chi connectivity index (χ0) is 14.1. The molecular weight excluding hydrogens is 264 g/mol. The largest absolute Gasteiger partial charge is 0.487 e. The Hall–Kier alpha value is -1.74. The van der Waals surface area contributed by atoms with Crippen LogP contribution in [0.3, 0.4) is 0 Å². The summed E-state index contributed by atoms with van der Waals surface area (Å²) in [5.74, 6) is 1.10. The molecule has 0 aliphatic heterocycles. The van der Waals surface area contributed by atoms with Gasteiger partial charge in [-0.25, -0.2) is 0 Å². The number of nitrogens with zero attached hydrogens (tertiary/aromatic N) is 2. The molecule has 0 spiro atoms. The molecule has 1 rings (SSSR count). The summed E-state index contributed by atoms with van der Waals surface area (Å²) in [7, 11) is 0. The molecule has 0 atom stereocenters. The van der Waals surface area contributed by atoms with Crippen LogP contribution in [-0.2, 0) is 0 Å². The SMILES string of the molecule is N#Cc1ccc(OCCCCCCS)c([N+](=O)[O-])c1. The molecule has 0 N–H and O–H groups in total. The molecule has 0 amide bonds. The molecule has 0 unspecified atom stereocenters. The van der Waals surface area contributed by atoms with E-state index in [0.717, 1.165) is 31.4 Å². The molecule has 0 saturated carbocycles. The highest BCUT2D eigenvalue weighted by Gasteiger charge is 2.15. The quantitative estimate of drug-likeness (QED) is 0.343. The van der Waals surface area contributed by atoms with E-state index in [-0.39, 0.29) is 17.0 Å². The van der Waals surface area contributed by atoms with Gasteiger partial charge in [0.1, 0.15) is 0 Å². The van der Waals surface area contributed by atoms with E-state index in [0.29, 0.717) is 6.61 Å². The van der Waals surface area contributed by atoms with Crippen molar-refractivity contribution >= 4 is 18.3 Å². The van der Waals surface area contributed by atoms with Crippen molar-refractivity contribution in [2.45, 2.75) is 25.7 Å². The number of hydrogen-bond acceptors (Lipinski definition) is 5. The van der Waals surface area contributed by atoms with Gasteiger partial charge in [0.2, 0.25) is 0 Å². The van der Waals surface area contributed by atoms with Gasteiger partial charge >= 0.3 is 5.69 Å². The van der Waals surface area contributed by atoms with Crippen LogP contribution in [-0.4, -0.2) is 17.3 Å². The van der Waals surface area contributed by atoms with Crippen LogP contribution in [0, 0.1) is 21.4 Å². The molecule has 0 aromatic heterocycles. The summed E-state index contributed by atoms with van der Waals surface area (Å²) in [5, 5.41) is 19.6. The molecule has 19 heavy (non-hydrogen) atoms. The second-order valence-corrected chi connectivity index (χ2v) is 4.48. The van der Waals surface area contributed by atoms with Crippen LogP contribution in [0.1, 0.15) is 31.2 Å². The number of hydrogen-bond donors (Lipinski definition) is 1. The van der Waals surface area contributed by atoms with Crippen LogP contribution in [0.4, 0.5) is 5.69 Å². The van der Waals surface area contributed by atoms with E-state index in [1.807, 2.05) is 6.07 Å². The smallest absolute Gasteiger partial charge is 0.312 e. The molecule has 1 aromatic rings. The Morgan fingerprint density at radius 3 is 2.68 bits per heavy atom. The molecule has 0 radical (unpaired) electrons. The molecule has 0 bridgehead atoms.